The molecular weight excluding hydrogens is 338 g/mol. The van der Waals surface area contributed by atoms with Crippen molar-refractivity contribution in [1.29, 1.82) is 0 Å². The predicted octanol–water partition coefficient (Wildman–Crippen LogP) is 3.66. The van der Waals surface area contributed by atoms with Gasteiger partial charge in [0, 0.05) is 28.9 Å². The van der Waals surface area contributed by atoms with Gasteiger partial charge in [0.2, 0.25) is 5.91 Å². The van der Waals surface area contributed by atoms with Gasteiger partial charge in [0.1, 0.15) is 12.0 Å². The van der Waals surface area contributed by atoms with Crippen molar-refractivity contribution in [1.82, 2.24) is 20.2 Å². The smallest absolute Gasteiger partial charge is 0.248 e. The minimum absolute atomic E-state index is 0.401. The second kappa shape index (κ2) is 6.64. The lowest BCUT2D eigenvalue weighted by atomic mass is 9.92. The first kappa shape index (κ1) is 16.9. The van der Waals surface area contributed by atoms with Gasteiger partial charge >= 0.3 is 0 Å². The average molecular weight is 357 g/mol. The lowest BCUT2D eigenvalue weighted by Crippen LogP contribution is -2.14. The molecule has 2 aromatic heterocycles. The van der Waals surface area contributed by atoms with E-state index in [0.717, 1.165) is 50.8 Å². The summed E-state index contributed by atoms with van der Waals surface area (Å²) in [5, 5.41) is 8.49. The maximum atomic E-state index is 11.8. The number of carbonyl (C=O) groups excluding carboxylic acids is 1. The Morgan fingerprint density at radius 2 is 1.89 bits per heavy atom. The number of hydrogen-bond donors (Lipinski definition) is 2. The number of benzene rings is 2. The van der Waals surface area contributed by atoms with Gasteiger partial charge in [0.05, 0.1) is 5.52 Å². The lowest BCUT2D eigenvalue weighted by Gasteiger charge is -2.12. The summed E-state index contributed by atoms with van der Waals surface area (Å²) in [6, 6.07) is 10.0. The molecule has 0 saturated heterocycles. The summed E-state index contributed by atoms with van der Waals surface area (Å²) in [6.45, 7) is 4.07. The first-order valence-electron chi connectivity index (χ1n) is 8.75. The normalized spacial score (nSPS) is 11.0. The molecule has 2 aromatic carbocycles. The molecule has 0 unspecified atom stereocenters. The van der Waals surface area contributed by atoms with Crippen molar-refractivity contribution in [3.05, 3.63) is 65.7 Å². The molecule has 0 radical (unpaired) electrons. The Bertz CT molecular complexity index is 1150. The minimum atomic E-state index is -0.401. The molecule has 0 aliphatic rings. The fraction of sp³-hybridized carbons (Fsp3) is 0.143. The zero-order valence-corrected chi connectivity index (χ0v) is 15.2. The monoisotopic (exact) mass is 357 g/mol. The van der Waals surface area contributed by atoms with E-state index in [0.29, 0.717) is 5.56 Å². The number of nitrogens with two attached hydrogens (primary N) is 1. The number of primary amides is 1. The molecule has 6 heteroatoms. The second-order valence-electron chi connectivity index (χ2n) is 6.50. The molecule has 1 amide bonds. The van der Waals surface area contributed by atoms with Crippen LogP contribution < -0.4 is 5.73 Å². The zero-order valence-electron chi connectivity index (χ0n) is 15.2. The van der Waals surface area contributed by atoms with E-state index in [-0.39, 0.29) is 0 Å². The van der Waals surface area contributed by atoms with Gasteiger partial charge < -0.3 is 5.73 Å². The molecule has 27 heavy (non-hydrogen) atoms. The summed E-state index contributed by atoms with van der Waals surface area (Å²) < 4.78 is 0. The number of fused-ring (bicyclic) bond motifs is 1. The number of aromatic nitrogens is 4. The van der Waals surface area contributed by atoms with E-state index in [9.17, 15) is 4.79 Å². The van der Waals surface area contributed by atoms with Crippen LogP contribution in [-0.2, 0) is 6.42 Å². The third-order valence-electron chi connectivity index (χ3n) is 4.80. The average Bonchev–Trinajstić information content (AvgIpc) is 3.11. The molecule has 0 fully saturated rings. The molecule has 134 valence electrons. The zero-order chi connectivity index (χ0) is 19.0. The summed E-state index contributed by atoms with van der Waals surface area (Å²) in [5.41, 5.74) is 12.8. The van der Waals surface area contributed by atoms with Gasteiger partial charge in [-0.2, -0.15) is 5.10 Å². The van der Waals surface area contributed by atoms with E-state index in [2.05, 4.69) is 20.2 Å². The largest absolute Gasteiger partial charge is 0.366 e. The van der Waals surface area contributed by atoms with Gasteiger partial charge in [-0.1, -0.05) is 19.1 Å². The Labute approximate surface area is 156 Å². The number of hydrogen-bond acceptors (Lipinski definition) is 4. The summed E-state index contributed by atoms with van der Waals surface area (Å²) in [7, 11) is 0. The van der Waals surface area contributed by atoms with Crippen molar-refractivity contribution >= 4 is 16.8 Å². The maximum Gasteiger partial charge on any atom is 0.248 e. The van der Waals surface area contributed by atoms with Crippen molar-refractivity contribution in [3.63, 3.8) is 0 Å². The number of H-pyrrole nitrogens is 1. The number of aryl methyl sites for hydroxylation is 2. The van der Waals surface area contributed by atoms with Gasteiger partial charge in [0.15, 0.2) is 0 Å². The van der Waals surface area contributed by atoms with E-state index in [1.165, 1.54) is 6.33 Å². The molecule has 0 aliphatic carbocycles. The molecule has 0 saturated carbocycles. The van der Waals surface area contributed by atoms with E-state index >= 15 is 0 Å². The molecule has 3 N–H and O–H groups in total. The number of rotatable bonds is 4. The Kier molecular flexibility index (Phi) is 4.16. The van der Waals surface area contributed by atoms with Crippen LogP contribution in [-0.4, -0.2) is 26.1 Å². The van der Waals surface area contributed by atoms with Crippen molar-refractivity contribution in [2.75, 3.05) is 0 Å². The first-order chi connectivity index (χ1) is 13.1. The topological polar surface area (TPSA) is 97.6 Å². The number of nitrogens with zero attached hydrogens (tertiary/aromatic N) is 3. The fourth-order valence-corrected chi connectivity index (χ4v) is 3.43. The van der Waals surface area contributed by atoms with Crippen LogP contribution in [0.15, 0.2) is 49.1 Å². The van der Waals surface area contributed by atoms with Gasteiger partial charge in [-0.25, -0.2) is 9.97 Å². The van der Waals surface area contributed by atoms with Gasteiger partial charge in [0.25, 0.3) is 0 Å². The molecule has 4 aromatic rings. The number of carbonyl (C=O) groups is 1. The van der Waals surface area contributed by atoms with Crippen LogP contribution in [0.5, 0.6) is 0 Å². The SMILES string of the molecule is CCc1cc(C)c(-c2ccc3c(-c4cncnc4)n[nH]c3c2)cc1C(N)=O. The highest BCUT2D eigenvalue weighted by molar-refractivity contribution is 5.98. The molecule has 2 heterocycles. The standard InChI is InChI=1S/C21H19N5O/c1-3-13-6-12(2)17(8-18(13)21(22)27)14-4-5-16-19(7-14)25-26-20(16)15-9-23-11-24-10-15/h4-11H,3H2,1-2H3,(H2,22,27)(H,25,26). The lowest BCUT2D eigenvalue weighted by molar-refractivity contribution is 0.0999. The molecular formula is C21H19N5O. The van der Waals surface area contributed by atoms with Crippen LogP contribution in [0.4, 0.5) is 0 Å². The van der Waals surface area contributed by atoms with Gasteiger partial charge in [-0.05, 0) is 53.8 Å². The molecule has 0 spiro atoms. The molecule has 0 aliphatic heterocycles. The highest BCUT2D eigenvalue weighted by Crippen LogP contribution is 2.32. The van der Waals surface area contributed by atoms with Crippen LogP contribution in [0.1, 0.15) is 28.4 Å². The summed E-state index contributed by atoms with van der Waals surface area (Å²) >= 11 is 0. The third kappa shape index (κ3) is 2.95. The first-order valence-corrected chi connectivity index (χ1v) is 8.75. The number of amides is 1. The van der Waals surface area contributed by atoms with Crippen LogP contribution >= 0.6 is 0 Å². The Morgan fingerprint density at radius 1 is 1.11 bits per heavy atom. The maximum absolute atomic E-state index is 11.8. The van der Waals surface area contributed by atoms with E-state index in [1.807, 2.05) is 44.2 Å². The Hall–Kier alpha value is -3.54. The van der Waals surface area contributed by atoms with Crippen LogP contribution in [0.3, 0.4) is 0 Å². The fourth-order valence-electron chi connectivity index (χ4n) is 3.43. The number of aromatic amines is 1. The summed E-state index contributed by atoms with van der Waals surface area (Å²) in [6.07, 6.45) is 5.74. The van der Waals surface area contributed by atoms with Crippen LogP contribution in [0, 0.1) is 6.92 Å². The second-order valence-corrected chi connectivity index (χ2v) is 6.50. The van der Waals surface area contributed by atoms with Crippen molar-refractivity contribution in [2.24, 2.45) is 5.73 Å². The van der Waals surface area contributed by atoms with Gasteiger partial charge in [-0.3, -0.25) is 9.89 Å². The summed E-state index contributed by atoms with van der Waals surface area (Å²) in [4.78, 5) is 20.0. The molecule has 6 nitrogen and oxygen atoms in total. The Morgan fingerprint density at radius 3 is 2.59 bits per heavy atom. The minimum Gasteiger partial charge on any atom is -0.366 e. The van der Waals surface area contributed by atoms with Crippen molar-refractivity contribution in [3.8, 4) is 22.4 Å². The van der Waals surface area contributed by atoms with Gasteiger partial charge in [-0.15, -0.1) is 0 Å². The van der Waals surface area contributed by atoms with Crippen LogP contribution in [0.25, 0.3) is 33.3 Å². The highest BCUT2D eigenvalue weighted by Gasteiger charge is 2.14. The Balaban J connectivity index is 1.84. The molecule has 4 rings (SSSR count). The molecule has 0 bridgehead atoms. The number of nitrogens with one attached hydrogen (secondary N) is 1. The summed E-state index contributed by atoms with van der Waals surface area (Å²) in [5.74, 6) is -0.401. The van der Waals surface area contributed by atoms with Crippen molar-refractivity contribution in [2.45, 2.75) is 20.3 Å². The van der Waals surface area contributed by atoms with E-state index in [4.69, 9.17) is 5.73 Å². The van der Waals surface area contributed by atoms with E-state index < -0.39 is 5.91 Å². The van der Waals surface area contributed by atoms with Crippen LogP contribution in [0.2, 0.25) is 0 Å². The van der Waals surface area contributed by atoms with Crippen molar-refractivity contribution < 1.29 is 4.79 Å². The third-order valence-corrected chi connectivity index (χ3v) is 4.80. The predicted molar refractivity (Wildman–Crippen MR) is 105 cm³/mol. The quantitative estimate of drug-likeness (QED) is 0.582. The molecule has 0 atom stereocenters. The highest BCUT2D eigenvalue weighted by atomic mass is 16.1. The van der Waals surface area contributed by atoms with E-state index in [1.54, 1.807) is 12.4 Å².